The molecule has 14 atom stereocenters. The number of aliphatic hydroxyl groups excluding tert-OH is 9. The van der Waals surface area contributed by atoms with E-state index in [9.17, 15) is 65.4 Å². The largest absolute Gasteiger partial charge is 0.479 e. The Kier molecular flexibility index (Phi) is 33.3. The van der Waals surface area contributed by atoms with Crippen LogP contribution in [-0.4, -0.2) is 168 Å². The summed E-state index contributed by atoms with van der Waals surface area (Å²) in [7, 11) is 0. The number of hydrogen-bond donors (Lipinski definition) is 12. The number of aliphatic hydroxyl groups is 9. The van der Waals surface area contributed by atoms with Gasteiger partial charge in [0.15, 0.2) is 11.9 Å². The highest BCUT2D eigenvalue weighted by Crippen LogP contribution is 2.41. The Bertz CT molecular complexity index is 1430. The lowest BCUT2D eigenvalue weighted by molar-refractivity contribution is -0.320. The van der Waals surface area contributed by atoms with E-state index in [4.69, 9.17) is 14.2 Å². The summed E-state index contributed by atoms with van der Waals surface area (Å²) in [5.41, 5.74) is -2.94. The molecule has 2 fully saturated rings. The van der Waals surface area contributed by atoms with Crippen molar-refractivity contribution in [3.8, 4) is 0 Å². The van der Waals surface area contributed by atoms with Crippen LogP contribution >= 0.6 is 0 Å². The molecule has 0 aromatic rings. The summed E-state index contributed by atoms with van der Waals surface area (Å²) in [4.78, 5) is 38.5. The van der Waals surface area contributed by atoms with Crippen LogP contribution in [0.1, 0.15) is 194 Å². The van der Waals surface area contributed by atoms with Crippen molar-refractivity contribution in [1.82, 2.24) is 10.6 Å². The first kappa shape index (κ1) is 63.8. The molecule has 0 radical (unpaired) electrons. The molecule has 0 spiro atoms. The maximum atomic E-state index is 13.3. The summed E-state index contributed by atoms with van der Waals surface area (Å²) < 4.78 is 17.4. The van der Waals surface area contributed by atoms with Crippen molar-refractivity contribution in [3.63, 3.8) is 0 Å². The second-order valence-electron chi connectivity index (χ2n) is 20.0. The number of allylic oxidation sites excluding steroid dienone is 1. The predicted octanol–water partition coefficient (Wildman–Crippen LogP) is 4.20. The molecule has 2 aliphatic rings. The van der Waals surface area contributed by atoms with E-state index in [0.29, 0.717) is 12.8 Å². The topological polar surface area (TPSA) is 305 Å². The smallest absolute Gasteiger partial charge is 0.338 e. The van der Waals surface area contributed by atoms with Crippen LogP contribution in [-0.2, 0) is 28.6 Å². The van der Waals surface area contributed by atoms with Gasteiger partial charge in [-0.05, 0) is 19.3 Å². The molecule has 0 aliphatic carbocycles. The van der Waals surface area contributed by atoms with Crippen LogP contribution in [0.2, 0.25) is 0 Å². The Balaban J connectivity index is 2.18. The summed E-state index contributed by atoms with van der Waals surface area (Å²) in [6.07, 6.45) is 12.3. The first-order valence-corrected chi connectivity index (χ1v) is 27.0. The molecule has 18 heteroatoms. The number of aliphatic carboxylic acids is 1. The van der Waals surface area contributed by atoms with Crippen molar-refractivity contribution in [2.24, 2.45) is 5.92 Å². The van der Waals surface area contributed by atoms with Crippen molar-refractivity contribution in [1.29, 1.82) is 0 Å². The van der Waals surface area contributed by atoms with Crippen LogP contribution in [0.25, 0.3) is 0 Å². The van der Waals surface area contributed by atoms with Crippen molar-refractivity contribution in [2.75, 3.05) is 19.8 Å². The van der Waals surface area contributed by atoms with Crippen LogP contribution in [0.4, 0.5) is 0 Å². The monoisotopic (exact) mass is 1000 g/mol. The highest BCUT2D eigenvalue weighted by Gasteiger charge is 2.63. The van der Waals surface area contributed by atoms with Crippen LogP contribution in [0.15, 0.2) is 12.2 Å². The predicted molar refractivity (Wildman–Crippen MR) is 264 cm³/mol. The van der Waals surface area contributed by atoms with Gasteiger partial charge < -0.3 is 75.9 Å². The highest BCUT2D eigenvalue weighted by atomic mass is 16.7. The van der Waals surface area contributed by atoms with Gasteiger partial charge in [0.05, 0.1) is 50.2 Å². The SMILES string of the molecule is CCCCCCCCCCCCC/C=C/[C@H](O)[C@@H](CO[C@@H]1O[C@H](CO)[C@H](O)[C@H](C(O)[C@]2(C(=O)O)C[C@H](O)[C@@H](NC(C)=O)C(C(O)C(O)CO)O2)[C@H]1O)NC(=O)CCCCCCCCCCCCCCC. The second kappa shape index (κ2) is 36.6. The Morgan fingerprint density at radius 1 is 0.729 bits per heavy atom. The maximum absolute atomic E-state index is 13.3. The number of ether oxygens (including phenoxy) is 3. The first-order valence-electron chi connectivity index (χ1n) is 27.0. The lowest BCUT2D eigenvalue weighted by Gasteiger charge is -2.52. The fourth-order valence-corrected chi connectivity index (χ4v) is 9.74. The molecular weight excluding hydrogens is 909 g/mol. The second-order valence-corrected chi connectivity index (χ2v) is 20.0. The molecule has 0 bridgehead atoms. The minimum atomic E-state index is -2.94. The lowest BCUT2D eigenvalue weighted by atomic mass is 9.72. The van der Waals surface area contributed by atoms with Gasteiger partial charge in [0.1, 0.15) is 36.6 Å². The van der Waals surface area contributed by atoms with Gasteiger partial charge in [-0.3, -0.25) is 9.59 Å². The molecule has 70 heavy (non-hydrogen) atoms. The average molecular weight is 1010 g/mol. The van der Waals surface area contributed by atoms with Gasteiger partial charge in [0.25, 0.3) is 0 Å². The molecule has 18 nitrogen and oxygen atoms in total. The van der Waals surface area contributed by atoms with E-state index in [1.165, 1.54) is 103 Å². The van der Waals surface area contributed by atoms with Crippen LogP contribution < -0.4 is 10.6 Å². The number of nitrogens with one attached hydrogen (secondary N) is 2. The summed E-state index contributed by atoms with van der Waals surface area (Å²) in [6.45, 7) is 3.09. The van der Waals surface area contributed by atoms with Crippen LogP contribution in [0, 0.1) is 5.92 Å². The molecule has 2 aliphatic heterocycles. The Morgan fingerprint density at radius 2 is 1.23 bits per heavy atom. The Morgan fingerprint density at radius 3 is 1.70 bits per heavy atom. The molecule has 410 valence electrons. The summed E-state index contributed by atoms with van der Waals surface area (Å²) in [6, 6.07) is -2.62. The Hall–Kier alpha value is -2.33. The summed E-state index contributed by atoms with van der Waals surface area (Å²) >= 11 is 0. The van der Waals surface area contributed by atoms with E-state index in [0.717, 1.165) is 51.9 Å². The van der Waals surface area contributed by atoms with E-state index in [1.807, 2.05) is 6.08 Å². The van der Waals surface area contributed by atoms with Crippen LogP contribution in [0.5, 0.6) is 0 Å². The summed E-state index contributed by atoms with van der Waals surface area (Å²) in [5.74, 6) is -4.94. The molecule has 2 rings (SSSR count). The normalized spacial score (nSPS) is 27.2. The van der Waals surface area contributed by atoms with Gasteiger partial charge in [-0.15, -0.1) is 0 Å². The number of unbranched alkanes of at least 4 members (excludes halogenated alkanes) is 23. The number of hydrogen-bond acceptors (Lipinski definition) is 15. The molecule has 2 amide bonds. The molecule has 0 saturated carbocycles. The summed E-state index contributed by atoms with van der Waals surface area (Å²) in [5, 5.41) is 114. The number of amides is 2. The van der Waals surface area contributed by atoms with E-state index in [-0.39, 0.29) is 12.3 Å². The highest BCUT2D eigenvalue weighted by molar-refractivity contribution is 5.79. The van der Waals surface area contributed by atoms with Gasteiger partial charge >= 0.3 is 5.97 Å². The fourth-order valence-electron chi connectivity index (χ4n) is 9.74. The molecule has 0 aromatic carbocycles. The molecule has 0 aromatic heterocycles. The standard InChI is InChI=1S/C52H96N2O16/c1-4-6-8-10-12-14-16-18-20-22-24-26-28-30-38(58)37(54-42(61)31-29-27-25-23-21-19-17-15-13-11-9-7-5-2)35-68-50-47(64)43(46(63)41(34-56)69-50)49(65)52(51(66)67)32-39(59)44(53-36(3)57)48(70-52)45(62)40(60)33-55/h28,30,37-41,43-50,55-56,58-60,62-65H,4-27,29,31-35H2,1-3H3,(H,53,57)(H,54,61)(H,66,67)/b30-28+/t37-,38+,39+,40?,41-,43+,44-,45?,46+,47-,48?,49?,50-,52+/m1/s1. The maximum Gasteiger partial charge on any atom is 0.338 e. The third kappa shape index (κ3) is 22.4. The minimum Gasteiger partial charge on any atom is -0.479 e. The Labute approximate surface area is 418 Å². The van der Waals surface area contributed by atoms with Crippen molar-refractivity contribution in [3.05, 3.63) is 12.2 Å². The van der Waals surface area contributed by atoms with Crippen molar-refractivity contribution >= 4 is 17.8 Å². The van der Waals surface area contributed by atoms with Gasteiger partial charge in [-0.2, -0.15) is 0 Å². The van der Waals surface area contributed by atoms with Crippen molar-refractivity contribution < 1.29 is 79.7 Å². The molecule has 2 saturated heterocycles. The average Bonchev–Trinajstić information content (AvgIpc) is 3.33. The number of carboxylic acids is 1. The van der Waals surface area contributed by atoms with Gasteiger partial charge in [0.2, 0.25) is 11.8 Å². The molecule has 2 heterocycles. The number of carbonyl (C=O) groups excluding carboxylic acids is 2. The third-order valence-electron chi connectivity index (χ3n) is 14.1. The molecule has 4 unspecified atom stereocenters. The van der Waals surface area contributed by atoms with E-state index >= 15 is 0 Å². The number of carbonyl (C=O) groups is 3. The van der Waals surface area contributed by atoms with Crippen LogP contribution in [0.3, 0.4) is 0 Å². The molecule has 12 N–H and O–H groups in total. The third-order valence-corrected chi connectivity index (χ3v) is 14.1. The zero-order valence-corrected chi connectivity index (χ0v) is 42.8. The quantitative estimate of drug-likeness (QED) is 0.0303. The molecular formula is C52H96N2O16. The number of carboxylic acid groups (broad SMARTS) is 1. The lowest BCUT2D eigenvalue weighted by Crippen LogP contribution is -2.73. The van der Waals surface area contributed by atoms with Gasteiger partial charge in [-0.25, -0.2) is 4.79 Å². The van der Waals surface area contributed by atoms with Gasteiger partial charge in [0, 0.05) is 25.7 Å². The van der Waals surface area contributed by atoms with E-state index in [2.05, 4.69) is 24.5 Å². The van der Waals surface area contributed by atoms with E-state index < -0.39 is 123 Å². The first-order chi connectivity index (χ1) is 33.6. The minimum absolute atomic E-state index is 0.190. The van der Waals surface area contributed by atoms with Gasteiger partial charge in [-0.1, -0.05) is 167 Å². The number of rotatable bonds is 40. The fraction of sp³-hybridized carbons (Fsp3) is 0.904. The van der Waals surface area contributed by atoms with Crippen molar-refractivity contribution in [2.45, 2.75) is 273 Å². The van der Waals surface area contributed by atoms with E-state index in [1.54, 1.807) is 6.08 Å². The zero-order valence-electron chi connectivity index (χ0n) is 42.8. The zero-order chi connectivity index (χ0) is 51.9.